The first-order valence-electron chi connectivity index (χ1n) is 6.70. The second kappa shape index (κ2) is 6.59. The first-order valence-corrected chi connectivity index (χ1v) is 6.70. The third-order valence-electron chi connectivity index (χ3n) is 3.39. The molecule has 112 valence electrons. The Morgan fingerprint density at radius 1 is 1.05 bits per heavy atom. The third-order valence-corrected chi connectivity index (χ3v) is 3.39. The van der Waals surface area contributed by atoms with Crippen LogP contribution in [-0.4, -0.2) is 19.3 Å². The zero-order valence-corrected chi connectivity index (χ0v) is 12.4. The van der Waals surface area contributed by atoms with Crippen molar-refractivity contribution in [3.63, 3.8) is 0 Å². The standard InChI is InChI=1S/C17H19FO3/c1-11-4-6-14(18)13(8-11)15(19)9-12-5-7-16(20-2)17(10-12)21-3/h4-8,10,15,19H,9H2,1-3H3. The molecule has 1 unspecified atom stereocenters. The number of methoxy groups -OCH3 is 2. The zero-order chi connectivity index (χ0) is 15.4. The minimum Gasteiger partial charge on any atom is -0.493 e. The Balaban J connectivity index is 2.23. The van der Waals surface area contributed by atoms with Crippen LogP contribution in [0.1, 0.15) is 22.8 Å². The summed E-state index contributed by atoms with van der Waals surface area (Å²) in [6.45, 7) is 1.87. The van der Waals surface area contributed by atoms with Gasteiger partial charge in [0.1, 0.15) is 5.82 Å². The number of rotatable bonds is 5. The molecule has 0 aromatic heterocycles. The van der Waals surface area contributed by atoms with Crippen LogP contribution in [-0.2, 0) is 6.42 Å². The van der Waals surface area contributed by atoms with Crippen molar-refractivity contribution < 1.29 is 19.0 Å². The first kappa shape index (κ1) is 15.3. The van der Waals surface area contributed by atoms with E-state index in [1.165, 1.54) is 6.07 Å². The number of halogens is 1. The van der Waals surface area contributed by atoms with Gasteiger partial charge in [0, 0.05) is 12.0 Å². The maximum Gasteiger partial charge on any atom is 0.160 e. The molecular formula is C17H19FO3. The monoisotopic (exact) mass is 290 g/mol. The fraction of sp³-hybridized carbons (Fsp3) is 0.294. The average Bonchev–Trinajstić information content (AvgIpc) is 2.49. The number of benzene rings is 2. The molecule has 4 heteroatoms. The fourth-order valence-corrected chi connectivity index (χ4v) is 2.26. The van der Waals surface area contributed by atoms with Crippen LogP contribution in [0.2, 0.25) is 0 Å². The highest BCUT2D eigenvalue weighted by molar-refractivity contribution is 5.43. The molecule has 2 aromatic carbocycles. The molecule has 0 amide bonds. The summed E-state index contributed by atoms with van der Waals surface area (Å²) in [6.07, 6.45) is -0.594. The molecule has 2 rings (SSSR count). The topological polar surface area (TPSA) is 38.7 Å². The van der Waals surface area contributed by atoms with Crippen LogP contribution >= 0.6 is 0 Å². The predicted molar refractivity (Wildman–Crippen MR) is 79.3 cm³/mol. The largest absolute Gasteiger partial charge is 0.493 e. The molecular weight excluding hydrogens is 271 g/mol. The molecule has 0 saturated heterocycles. The molecule has 0 aliphatic heterocycles. The van der Waals surface area contributed by atoms with E-state index >= 15 is 0 Å². The van der Waals surface area contributed by atoms with Crippen LogP contribution in [0, 0.1) is 12.7 Å². The summed E-state index contributed by atoms with van der Waals surface area (Å²) in [5, 5.41) is 10.3. The van der Waals surface area contributed by atoms with Crippen molar-refractivity contribution in [2.24, 2.45) is 0 Å². The van der Waals surface area contributed by atoms with E-state index in [9.17, 15) is 9.50 Å². The summed E-state index contributed by atoms with van der Waals surface area (Å²) in [6, 6.07) is 10.1. The van der Waals surface area contributed by atoms with Gasteiger partial charge in [-0.05, 0) is 30.7 Å². The van der Waals surface area contributed by atoms with Gasteiger partial charge in [-0.25, -0.2) is 4.39 Å². The number of aliphatic hydroxyl groups is 1. The van der Waals surface area contributed by atoms with Crippen LogP contribution in [0.5, 0.6) is 11.5 Å². The molecule has 0 aliphatic carbocycles. The molecule has 0 aliphatic rings. The number of aliphatic hydroxyl groups excluding tert-OH is 1. The van der Waals surface area contributed by atoms with E-state index in [4.69, 9.17) is 9.47 Å². The first-order chi connectivity index (χ1) is 10.0. The summed E-state index contributed by atoms with van der Waals surface area (Å²) in [4.78, 5) is 0. The van der Waals surface area contributed by atoms with Crippen LogP contribution < -0.4 is 9.47 Å². The van der Waals surface area contributed by atoms with Crippen LogP contribution in [0.25, 0.3) is 0 Å². The van der Waals surface area contributed by atoms with Crippen molar-refractivity contribution >= 4 is 0 Å². The van der Waals surface area contributed by atoms with Crippen molar-refractivity contribution in [1.29, 1.82) is 0 Å². The van der Waals surface area contributed by atoms with Gasteiger partial charge in [-0.2, -0.15) is 0 Å². The molecule has 1 atom stereocenters. The molecule has 0 heterocycles. The summed E-state index contributed by atoms with van der Waals surface area (Å²) in [5.41, 5.74) is 2.07. The number of hydrogen-bond acceptors (Lipinski definition) is 3. The Hall–Kier alpha value is -2.07. The zero-order valence-electron chi connectivity index (χ0n) is 12.4. The van der Waals surface area contributed by atoms with Gasteiger partial charge in [-0.15, -0.1) is 0 Å². The van der Waals surface area contributed by atoms with Gasteiger partial charge in [0.2, 0.25) is 0 Å². The highest BCUT2D eigenvalue weighted by Crippen LogP contribution is 2.30. The van der Waals surface area contributed by atoms with Gasteiger partial charge in [-0.3, -0.25) is 0 Å². The van der Waals surface area contributed by atoms with Crippen LogP contribution in [0.15, 0.2) is 36.4 Å². The Morgan fingerprint density at radius 2 is 1.76 bits per heavy atom. The highest BCUT2D eigenvalue weighted by atomic mass is 19.1. The Morgan fingerprint density at radius 3 is 2.43 bits per heavy atom. The summed E-state index contributed by atoms with van der Waals surface area (Å²) in [5.74, 6) is 0.818. The van der Waals surface area contributed by atoms with E-state index in [1.807, 2.05) is 13.0 Å². The van der Waals surface area contributed by atoms with Gasteiger partial charge >= 0.3 is 0 Å². The lowest BCUT2D eigenvalue weighted by molar-refractivity contribution is 0.173. The van der Waals surface area contributed by atoms with Gasteiger partial charge in [0.05, 0.1) is 20.3 Å². The number of hydrogen-bond donors (Lipinski definition) is 1. The second-order valence-electron chi connectivity index (χ2n) is 4.93. The fourth-order valence-electron chi connectivity index (χ4n) is 2.26. The summed E-state index contributed by atoms with van der Waals surface area (Å²) in [7, 11) is 3.12. The number of aryl methyl sites for hydroxylation is 1. The van der Waals surface area contributed by atoms with Crippen molar-refractivity contribution in [2.45, 2.75) is 19.4 Å². The summed E-state index contributed by atoms with van der Waals surface area (Å²) < 4.78 is 24.2. The highest BCUT2D eigenvalue weighted by Gasteiger charge is 2.15. The number of ether oxygens (including phenoxy) is 2. The Labute approximate surface area is 124 Å². The second-order valence-corrected chi connectivity index (χ2v) is 4.93. The predicted octanol–water partition coefficient (Wildman–Crippen LogP) is 3.43. The normalized spacial score (nSPS) is 12.0. The summed E-state index contributed by atoms with van der Waals surface area (Å²) >= 11 is 0. The SMILES string of the molecule is COc1ccc(CC(O)c2cc(C)ccc2F)cc1OC. The van der Waals surface area contributed by atoms with Gasteiger partial charge in [0.25, 0.3) is 0 Å². The molecule has 0 bridgehead atoms. The smallest absolute Gasteiger partial charge is 0.160 e. The molecule has 2 aromatic rings. The van der Waals surface area contributed by atoms with Crippen LogP contribution in [0.4, 0.5) is 4.39 Å². The molecule has 0 radical (unpaired) electrons. The van der Waals surface area contributed by atoms with Crippen molar-refractivity contribution in [1.82, 2.24) is 0 Å². The molecule has 21 heavy (non-hydrogen) atoms. The van der Waals surface area contributed by atoms with Crippen molar-refractivity contribution in [2.75, 3.05) is 14.2 Å². The third kappa shape index (κ3) is 3.52. The lowest BCUT2D eigenvalue weighted by Gasteiger charge is -2.14. The van der Waals surface area contributed by atoms with Crippen molar-refractivity contribution in [3.05, 3.63) is 58.9 Å². The minimum atomic E-state index is -0.900. The maximum absolute atomic E-state index is 13.8. The Bertz CT molecular complexity index is 625. The van der Waals surface area contributed by atoms with E-state index in [2.05, 4.69) is 0 Å². The van der Waals surface area contributed by atoms with Crippen molar-refractivity contribution in [3.8, 4) is 11.5 Å². The van der Waals surface area contributed by atoms with Gasteiger partial charge in [-0.1, -0.05) is 23.8 Å². The molecule has 0 fully saturated rings. The lowest BCUT2D eigenvalue weighted by Crippen LogP contribution is -2.05. The van der Waals surface area contributed by atoms with E-state index in [1.54, 1.807) is 38.5 Å². The van der Waals surface area contributed by atoms with Crippen LogP contribution in [0.3, 0.4) is 0 Å². The van der Waals surface area contributed by atoms with E-state index in [0.29, 0.717) is 23.5 Å². The maximum atomic E-state index is 13.8. The Kier molecular flexibility index (Phi) is 4.81. The molecule has 0 saturated carbocycles. The van der Waals surface area contributed by atoms with Gasteiger partial charge in [0.15, 0.2) is 11.5 Å². The van der Waals surface area contributed by atoms with Gasteiger partial charge < -0.3 is 14.6 Å². The molecule has 3 nitrogen and oxygen atoms in total. The average molecular weight is 290 g/mol. The lowest BCUT2D eigenvalue weighted by atomic mass is 9.99. The van der Waals surface area contributed by atoms with E-state index in [0.717, 1.165) is 11.1 Å². The molecule has 0 spiro atoms. The molecule has 1 N–H and O–H groups in total. The van der Waals surface area contributed by atoms with E-state index < -0.39 is 11.9 Å². The quantitative estimate of drug-likeness (QED) is 0.917. The minimum absolute atomic E-state index is 0.306. The van der Waals surface area contributed by atoms with E-state index in [-0.39, 0.29) is 0 Å².